The number of carbonyl (C=O) groups is 2. The Morgan fingerprint density at radius 3 is 2.17 bits per heavy atom. The molecule has 11 heteroatoms. The summed E-state index contributed by atoms with van der Waals surface area (Å²) < 4.78 is 37.8. The van der Waals surface area contributed by atoms with Crippen LogP contribution in [-0.2, 0) is 32.6 Å². The molecule has 226 valence electrons. The standard InChI is InChI=1S/C31H38ClN3O6S/c1-31(2,3)33-30(37)27(18-22-12-8-7-9-13-22)34(20-23-14-10-11-15-25(23)32)29(36)21-35(42(6,38)39)26-17-16-24(40-4)19-28(26)41-5/h7-17,19,27H,18,20-21H2,1-6H3,(H,33,37)/t27-/m0/s1. The van der Waals surface area contributed by atoms with E-state index in [1.807, 2.05) is 51.1 Å². The first-order valence-corrected chi connectivity index (χ1v) is 15.5. The molecule has 1 N–H and O–H groups in total. The maximum atomic E-state index is 14.2. The molecule has 0 aliphatic rings. The van der Waals surface area contributed by atoms with E-state index in [0.29, 0.717) is 16.3 Å². The van der Waals surface area contributed by atoms with Crippen molar-refractivity contribution in [2.45, 2.75) is 45.3 Å². The number of nitrogens with zero attached hydrogens (tertiary/aromatic N) is 2. The number of halogens is 1. The fourth-order valence-electron chi connectivity index (χ4n) is 4.40. The Balaban J connectivity index is 2.12. The van der Waals surface area contributed by atoms with Gasteiger partial charge in [0, 0.05) is 29.6 Å². The molecule has 9 nitrogen and oxygen atoms in total. The van der Waals surface area contributed by atoms with Crippen LogP contribution < -0.4 is 19.1 Å². The summed E-state index contributed by atoms with van der Waals surface area (Å²) >= 11 is 6.49. The van der Waals surface area contributed by atoms with Crippen molar-refractivity contribution in [1.82, 2.24) is 10.2 Å². The van der Waals surface area contributed by atoms with Crippen LogP contribution in [0.4, 0.5) is 5.69 Å². The third kappa shape index (κ3) is 8.87. The molecular formula is C31H38ClN3O6S. The average molecular weight is 616 g/mol. The zero-order valence-electron chi connectivity index (χ0n) is 24.8. The summed E-state index contributed by atoms with van der Waals surface area (Å²) in [6.07, 6.45) is 1.21. The second kappa shape index (κ2) is 13.9. The molecule has 3 aromatic rings. The second-order valence-corrected chi connectivity index (χ2v) is 13.2. The fraction of sp³-hybridized carbons (Fsp3) is 0.355. The Labute approximate surface area is 253 Å². The zero-order valence-corrected chi connectivity index (χ0v) is 26.3. The molecule has 2 amide bonds. The summed E-state index contributed by atoms with van der Waals surface area (Å²) in [5, 5.41) is 3.41. The van der Waals surface area contributed by atoms with E-state index >= 15 is 0 Å². The van der Waals surface area contributed by atoms with E-state index in [9.17, 15) is 18.0 Å². The lowest BCUT2D eigenvalue weighted by atomic mass is 10.0. The lowest BCUT2D eigenvalue weighted by Gasteiger charge is -2.35. The molecule has 0 fully saturated rings. The number of carbonyl (C=O) groups excluding carboxylic acids is 2. The number of sulfonamides is 1. The minimum absolute atomic E-state index is 0.0229. The predicted octanol–water partition coefficient (Wildman–Crippen LogP) is 4.68. The van der Waals surface area contributed by atoms with Gasteiger partial charge in [0.15, 0.2) is 0 Å². The van der Waals surface area contributed by atoms with Crippen LogP contribution in [0.5, 0.6) is 11.5 Å². The highest BCUT2D eigenvalue weighted by atomic mass is 35.5. The summed E-state index contributed by atoms with van der Waals surface area (Å²) in [7, 11) is -1.09. The van der Waals surface area contributed by atoms with Crippen LogP contribution in [0.15, 0.2) is 72.8 Å². The molecule has 0 aliphatic heterocycles. The van der Waals surface area contributed by atoms with Gasteiger partial charge in [-0.15, -0.1) is 0 Å². The van der Waals surface area contributed by atoms with Crippen LogP contribution in [0.1, 0.15) is 31.9 Å². The lowest BCUT2D eigenvalue weighted by molar-refractivity contribution is -0.140. The van der Waals surface area contributed by atoms with Crippen molar-refractivity contribution in [3.8, 4) is 11.5 Å². The first-order chi connectivity index (χ1) is 19.7. The van der Waals surface area contributed by atoms with Gasteiger partial charge in [0.1, 0.15) is 24.1 Å². The van der Waals surface area contributed by atoms with Gasteiger partial charge in [-0.25, -0.2) is 8.42 Å². The van der Waals surface area contributed by atoms with Crippen LogP contribution in [0.3, 0.4) is 0 Å². The molecule has 0 aliphatic carbocycles. The molecule has 0 heterocycles. The molecule has 42 heavy (non-hydrogen) atoms. The number of rotatable bonds is 12. The average Bonchev–Trinajstić information content (AvgIpc) is 2.93. The topological polar surface area (TPSA) is 105 Å². The molecule has 1 atom stereocenters. The van der Waals surface area contributed by atoms with Crippen LogP contribution in [0, 0.1) is 0 Å². The number of methoxy groups -OCH3 is 2. The van der Waals surface area contributed by atoms with Gasteiger partial charge in [-0.3, -0.25) is 13.9 Å². The Bertz CT molecular complexity index is 1490. The van der Waals surface area contributed by atoms with Crippen LogP contribution in [0.2, 0.25) is 5.02 Å². The third-order valence-electron chi connectivity index (χ3n) is 6.40. The molecule has 0 saturated carbocycles. The van der Waals surface area contributed by atoms with Gasteiger partial charge in [0.2, 0.25) is 21.8 Å². The number of hydrogen-bond donors (Lipinski definition) is 1. The van der Waals surface area contributed by atoms with Gasteiger partial charge in [-0.1, -0.05) is 60.1 Å². The Morgan fingerprint density at radius 1 is 0.952 bits per heavy atom. The molecule has 0 unspecified atom stereocenters. The summed E-state index contributed by atoms with van der Waals surface area (Å²) in [4.78, 5) is 29.4. The van der Waals surface area contributed by atoms with E-state index in [-0.39, 0.29) is 30.3 Å². The highest BCUT2D eigenvalue weighted by Gasteiger charge is 2.35. The van der Waals surface area contributed by atoms with E-state index in [4.69, 9.17) is 21.1 Å². The molecule has 0 radical (unpaired) electrons. The molecular weight excluding hydrogens is 578 g/mol. The predicted molar refractivity (Wildman–Crippen MR) is 166 cm³/mol. The normalized spacial score (nSPS) is 12.3. The minimum atomic E-state index is -3.97. The first kappa shape index (κ1) is 32.8. The molecule has 3 aromatic carbocycles. The molecule has 0 saturated heterocycles. The largest absolute Gasteiger partial charge is 0.497 e. The van der Waals surface area contributed by atoms with Crippen LogP contribution >= 0.6 is 11.6 Å². The van der Waals surface area contributed by atoms with Gasteiger partial charge in [0.05, 0.1) is 26.2 Å². The number of amides is 2. The first-order valence-electron chi connectivity index (χ1n) is 13.3. The third-order valence-corrected chi connectivity index (χ3v) is 7.90. The van der Waals surface area contributed by atoms with Gasteiger partial charge >= 0.3 is 0 Å². The zero-order chi connectivity index (χ0) is 31.1. The van der Waals surface area contributed by atoms with Crippen molar-refractivity contribution in [3.05, 3.63) is 88.9 Å². The Kier molecular flexibility index (Phi) is 10.9. The van der Waals surface area contributed by atoms with Gasteiger partial charge in [0.25, 0.3) is 0 Å². The molecule has 0 aromatic heterocycles. The maximum Gasteiger partial charge on any atom is 0.244 e. The van der Waals surface area contributed by atoms with E-state index in [0.717, 1.165) is 16.1 Å². The number of hydrogen-bond acceptors (Lipinski definition) is 6. The number of anilines is 1. The van der Waals surface area contributed by atoms with E-state index in [1.165, 1.54) is 31.3 Å². The number of nitrogens with one attached hydrogen (secondary N) is 1. The van der Waals surface area contributed by atoms with Crippen molar-refractivity contribution in [3.63, 3.8) is 0 Å². The Hall–Kier alpha value is -3.76. The summed E-state index contributed by atoms with van der Waals surface area (Å²) in [5.41, 5.74) is 1.02. The molecule has 0 spiro atoms. The van der Waals surface area contributed by atoms with Gasteiger partial charge in [-0.05, 0) is 50.1 Å². The van der Waals surface area contributed by atoms with E-state index < -0.39 is 34.1 Å². The fourth-order valence-corrected chi connectivity index (χ4v) is 5.45. The van der Waals surface area contributed by atoms with Crippen molar-refractivity contribution < 1.29 is 27.5 Å². The van der Waals surface area contributed by atoms with Crippen molar-refractivity contribution >= 4 is 39.1 Å². The molecule has 3 rings (SSSR count). The van der Waals surface area contributed by atoms with Gasteiger partial charge < -0.3 is 19.7 Å². The lowest BCUT2D eigenvalue weighted by Crippen LogP contribution is -2.56. The highest BCUT2D eigenvalue weighted by molar-refractivity contribution is 7.92. The van der Waals surface area contributed by atoms with Crippen molar-refractivity contribution in [1.29, 1.82) is 0 Å². The van der Waals surface area contributed by atoms with Crippen molar-refractivity contribution in [2.24, 2.45) is 0 Å². The van der Waals surface area contributed by atoms with E-state index in [2.05, 4.69) is 5.32 Å². The smallest absolute Gasteiger partial charge is 0.244 e. The molecule has 0 bridgehead atoms. The SMILES string of the molecule is COc1ccc(N(CC(=O)N(Cc2ccccc2Cl)[C@@H](Cc2ccccc2)C(=O)NC(C)(C)C)S(C)(=O)=O)c(OC)c1. The summed E-state index contributed by atoms with van der Waals surface area (Å²) in [6, 6.07) is 20.0. The van der Waals surface area contributed by atoms with Crippen molar-refractivity contribution in [2.75, 3.05) is 31.3 Å². The highest BCUT2D eigenvalue weighted by Crippen LogP contribution is 2.34. The number of ether oxygens (including phenoxy) is 2. The summed E-state index contributed by atoms with van der Waals surface area (Å²) in [5.74, 6) is -0.308. The quantitative estimate of drug-likeness (QED) is 0.317. The summed E-state index contributed by atoms with van der Waals surface area (Å²) in [6.45, 7) is 4.95. The Morgan fingerprint density at radius 2 is 1.60 bits per heavy atom. The van der Waals surface area contributed by atoms with Crippen LogP contribution in [0.25, 0.3) is 0 Å². The van der Waals surface area contributed by atoms with Gasteiger partial charge in [-0.2, -0.15) is 0 Å². The number of benzene rings is 3. The van der Waals surface area contributed by atoms with Crippen LogP contribution in [-0.4, -0.2) is 63.7 Å². The monoisotopic (exact) mass is 615 g/mol. The maximum absolute atomic E-state index is 14.2. The second-order valence-electron chi connectivity index (χ2n) is 10.9. The minimum Gasteiger partial charge on any atom is -0.497 e. The van der Waals surface area contributed by atoms with E-state index in [1.54, 1.807) is 30.3 Å².